The number of benzene rings is 2. The van der Waals surface area contributed by atoms with Crippen LogP contribution in [0.1, 0.15) is 43.0 Å². The van der Waals surface area contributed by atoms with Gasteiger partial charge in [-0.2, -0.15) is 0 Å². The third kappa shape index (κ3) is 2.00. The third-order valence-corrected chi connectivity index (χ3v) is 3.77. The Morgan fingerprint density at radius 3 is 1.68 bits per heavy atom. The molecule has 2 aromatic carbocycles. The lowest BCUT2D eigenvalue weighted by Crippen LogP contribution is -2.27. The Morgan fingerprint density at radius 1 is 0.842 bits per heavy atom. The van der Waals surface area contributed by atoms with E-state index < -0.39 is 5.60 Å². The molecule has 1 heteroatoms. The van der Waals surface area contributed by atoms with Gasteiger partial charge in [0.25, 0.3) is 0 Å². The van der Waals surface area contributed by atoms with Gasteiger partial charge >= 0.3 is 0 Å². The summed E-state index contributed by atoms with van der Waals surface area (Å²) in [6.45, 7) is 2.03. The first-order chi connectivity index (χ1) is 8.75. The average Bonchev–Trinajstić information content (AvgIpc) is 2.56. The summed E-state index contributed by atoms with van der Waals surface area (Å²) < 4.78 is 0. The fraction of sp³-hybridized carbons (Fsp3) is 0.222. The van der Waals surface area contributed by atoms with Crippen molar-refractivity contribution in [1.82, 2.24) is 0 Å². The number of hydrogen-bond acceptors (Lipinski definition) is 1. The van der Waals surface area contributed by atoms with Crippen LogP contribution in [-0.4, -0.2) is 5.11 Å². The highest BCUT2D eigenvalue weighted by molar-refractivity contribution is 5.77. The predicted molar refractivity (Wildman–Crippen MR) is 81.8 cm³/mol. The molecule has 0 saturated carbocycles. The molecular weight excluding hydrogens is 232 g/mol. The first kappa shape index (κ1) is 13.6. The van der Waals surface area contributed by atoms with Crippen LogP contribution in [0.5, 0.6) is 0 Å². The highest BCUT2D eigenvalue weighted by Crippen LogP contribution is 2.39. The van der Waals surface area contributed by atoms with E-state index in [9.17, 15) is 5.11 Å². The van der Waals surface area contributed by atoms with Gasteiger partial charge in [0.1, 0.15) is 5.60 Å². The molecule has 1 aliphatic rings. The van der Waals surface area contributed by atoms with Crippen LogP contribution in [0.4, 0.5) is 0 Å². The summed E-state index contributed by atoms with van der Waals surface area (Å²) in [5.74, 6) is 0. The first-order valence-corrected chi connectivity index (χ1v) is 6.35. The van der Waals surface area contributed by atoms with Crippen LogP contribution >= 0.6 is 0 Å². The minimum Gasteiger partial charge on any atom is -0.380 e. The summed E-state index contributed by atoms with van der Waals surface area (Å²) in [7, 11) is 0. The van der Waals surface area contributed by atoms with E-state index in [4.69, 9.17) is 0 Å². The van der Waals surface area contributed by atoms with Gasteiger partial charge in [-0.3, -0.25) is 0 Å². The van der Waals surface area contributed by atoms with Crippen LogP contribution < -0.4 is 0 Å². The molecule has 0 spiro atoms. The van der Waals surface area contributed by atoms with E-state index in [0.717, 1.165) is 22.3 Å². The van der Waals surface area contributed by atoms with Gasteiger partial charge in [0, 0.05) is 0 Å². The van der Waals surface area contributed by atoms with Crippen molar-refractivity contribution in [2.24, 2.45) is 0 Å². The van der Waals surface area contributed by atoms with Crippen molar-refractivity contribution >= 4 is 12.2 Å². The maximum absolute atomic E-state index is 11.1. The molecule has 0 heterocycles. The molecule has 0 aliphatic heterocycles. The molecule has 0 aromatic heterocycles. The normalized spacial score (nSPS) is 14.8. The molecule has 0 unspecified atom stereocenters. The largest absolute Gasteiger partial charge is 0.380 e. The molecule has 1 nitrogen and oxygen atoms in total. The Kier molecular flexibility index (Phi) is 3.59. The molecule has 98 valence electrons. The first-order valence-electron chi connectivity index (χ1n) is 6.35. The van der Waals surface area contributed by atoms with E-state index in [2.05, 4.69) is 24.3 Å². The number of aliphatic hydroxyl groups is 1. The average molecular weight is 252 g/mol. The third-order valence-electron chi connectivity index (χ3n) is 3.77. The molecule has 0 amide bonds. The lowest BCUT2D eigenvalue weighted by atomic mass is 9.81. The maximum Gasteiger partial charge on any atom is 0.115 e. The predicted octanol–water partition coefficient (Wildman–Crippen LogP) is 4.45. The smallest absolute Gasteiger partial charge is 0.115 e. The van der Waals surface area contributed by atoms with Crippen molar-refractivity contribution in [1.29, 1.82) is 0 Å². The molecule has 1 aliphatic carbocycles. The Bertz CT molecular complexity index is 561. The second-order valence-corrected chi connectivity index (χ2v) is 4.72. The number of rotatable bonds is 1. The van der Waals surface area contributed by atoms with Crippen molar-refractivity contribution in [3.63, 3.8) is 0 Å². The van der Waals surface area contributed by atoms with Gasteiger partial charge in [-0.25, -0.2) is 0 Å². The molecule has 0 atom stereocenters. The van der Waals surface area contributed by atoms with Gasteiger partial charge in [0.15, 0.2) is 0 Å². The van der Waals surface area contributed by atoms with Crippen molar-refractivity contribution in [3.05, 3.63) is 70.8 Å². The van der Waals surface area contributed by atoms with Crippen LogP contribution in [0, 0.1) is 0 Å². The monoisotopic (exact) mass is 252 g/mol. The van der Waals surface area contributed by atoms with Crippen molar-refractivity contribution < 1.29 is 5.11 Å². The van der Waals surface area contributed by atoms with Crippen molar-refractivity contribution in [2.75, 3.05) is 0 Å². The van der Waals surface area contributed by atoms with Gasteiger partial charge < -0.3 is 5.11 Å². The molecule has 19 heavy (non-hydrogen) atoms. The van der Waals surface area contributed by atoms with Crippen LogP contribution in [0.25, 0.3) is 12.2 Å². The SMILES string of the molecule is C.CCC1(O)c2ccccc2C=Cc2ccccc21. The Labute approximate surface area is 115 Å². The summed E-state index contributed by atoms with van der Waals surface area (Å²) >= 11 is 0. The number of fused-ring (bicyclic) bond motifs is 2. The van der Waals surface area contributed by atoms with Crippen molar-refractivity contribution in [2.45, 2.75) is 26.4 Å². The van der Waals surface area contributed by atoms with Gasteiger partial charge in [-0.15, -0.1) is 0 Å². The van der Waals surface area contributed by atoms with E-state index in [0.29, 0.717) is 6.42 Å². The van der Waals surface area contributed by atoms with E-state index in [-0.39, 0.29) is 7.43 Å². The molecule has 0 bridgehead atoms. The maximum atomic E-state index is 11.1. The highest BCUT2D eigenvalue weighted by atomic mass is 16.3. The molecule has 0 fully saturated rings. The van der Waals surface area contributed by atoms with Gasteiger partial charge in [0.05, 0.1) is 0 Å². The summed E-state index contributed by atoms with van der Waals surface area (Å²) in [5, 5.41) is 11.1. The van der Waals surface area contributed by atoms with E-state index in [1.54, 1.807) is 0 Å². The molecule has 1 N–H and O–H groups in total. The quantitative estimate of drug-likeness (QED) is 0.795. The van der Waals surface area contributed by atoms with Gasteiger partial charge in [-0.05, 0) is 28.7 Å². The minimum absolute atomic E-state index is 0. The minimum atomic E-state index is -0.892. The molecule has 0 saturated heterocycles. The van der Waals surface area contributed by atoms with Gasteiger partial charge in [-0.1, -0.05) is 75.0 Å². The van der Waals surface area contributed by atoms with Crippen LogP contribution in [0.3, 0.4) is 0 Å². The Balaban J connectivity index is 0.00000133. The zero-order valence-corrected chi connectivity index (χ0v) is 10.4. The molecule has 0 radical (unpaired) electrons. The summed E-state index contributed by atoms with van der Waals surface area (Å²) in [6, 6.07) is 16.1. The highest BCUT2D eigenvalue weighted by Gasteiger charge is 2.33. The van der Waals surface area contributed by atoms with E-state index in [1.807, 2.05) is 43.3 Å². The second-order valence-electron chi connectivity index (χ2n) is 4.72. The number of hydrogen-bond donors (Lipinski definition) is 1. The summed E-state index contributed by atoms with van der Waals surface area (Å²) in [4.78, 5) is 0. The Morgan fingerprint density at radius 2 is 1.26 bits per heavy atom. The summed E-state index contributed by atoms with van der Waals surface area (Å²) in [6.07, 6.45) is 4.84. The standard InChI is InChI=1S/C17H16O.CH4/c1-2-17(18)15-9-5-3-7-13(15)11-12-14-8-4-6-10-16(14)17;/h3-12,18H,2H2,1H3;1H4. The zero-order valence-electron chi connectivity index (χ0n) is 10.4. The van der Waals surface area contributed by atoms with Crippen LogP contribution in [0.15, 0.2) is 48.5 Å². The lowest BCUT2D eigenvalue weighted by Gasteiger charge is -2.29. The van der Waals surface area contributed by atoms with Gasteiger partial charge in [0.2, 0.25) is 0 Å². The Hall–Kier alpha value is -1.86. The fourth-order valence-electron chi connectivity index (χ4n) is 2.74. The summed E-state index contributed by atoms with van der Waals surface area (Å²) in [5.41, 5.74) is 3.29. The molecular formula is C18H20O. The fourth-order valence-corrected chi connectivity index (χ4v) is 2.74. The second kappa shape index (κ2) is 5.02. The molecule has 3 rings (SSSR count). The topological polar surface area (TPSA) is 20.2 Å². The zero-order chi connectivity index (χ0) is 12.6. The molecule has 2 aromatic rings. The van der Waals surface area contributed by atoms with Crippen molar-refractivity contribution in [3.8, 4) is 0 Å². The van der Waals surface area contributed by atoms with E-state index in [1.165, 1.54) is 0 Å². The van der Waals surface area contributed by atoms with E-state index >= 15 is 0 Å². The lowest BCUT2D eigenvalue weighted by molar-refractivity contribution is 0.0763. The van der Waals surface area contributed by atoms with Crippen LogP contribution in [0.2, 0.25) is 0 Å². The van der Waals surface area contributed by atoms with Crippen LogP contribution in [-0.2, 0) is 5.60 Å².